The van der Waals surface area contributed by atoms with Gasteiger partial charge in [-0.05, 0) is 30.2 Å². The molecule has 2 unspecified atom stereocenters. The van der Waals surface area contributed by atoms with Gasteiger partial charge in [0.1, 0.15) is 11.0 Å². The van der Waals surface area contributed by atoms with Crippen LogP contribution in [0.15, 0.2) is 5.38 Å². The second-order valence-corrected chi connectivity index (χ2v) is 5.35. The SMILES string of the molecule is Cc1csc(C(=O)O)c1NC(=O)C1OCCC1C. The van der Waals surface area contributed by atoms with Crippen molar-refractivity contribution in [2.24, 2.45) is 5.92 Å². The molecule has 1 fully saturated rings. The molecular weight excluding hydrogens is 254 g/mol. The maximum Gasteiger partial charge on any atom is 0.348 e. The molecule has 1 aromatic rings. The summed E-state index contributed by atoms with van der Waals surface area (Å²) in [6.45, 7) is 4.31. The largest absolute Gasteiger partial charge is 0.477 e. The molecule has 1 saturated heterocycles. The van der Waals surface area contributed by atoms with E-state index in [1.165, 1.54) is 0 Å². The monoisotopic (exact) mass is 269 g/mol. The number of hydrogen-bond donors (Lipinski definition) is 2. The van der Waals surface area contributed by atoms with Gasteiger partial charge >= 0.3 is 5.97 Å². The van der Waals surface area contributed by atoms with Gasteiger partial charge in [0.2, 0.25) is 0 Å². The third-order valence-electron chi connectivity index (χ3n) is 3.06. The molecular formula is C12H15NO4S. The first-order chi connectivity index (χ1) is 8.50. The van der Waals surface area contributed by atoms with E-state index in [9.17, 15) is 9.59 Å². The summed E-state index contributed by atoms with van der Waals surface area (Å²) in [6, 6.07) is 0. The van der Waals surface area contributed by atoms with E-state index in [1.54, 1.807) is 12.3 Å². The molecule has 5 nitrogen and oxygen atoms in total. The molecule has 2 atom stereocenters. The summed E-state index contributed by atoms with van der Waals surface area (Å²) < 4.78 is 5.36. The minimum absolute atomic E-state index is 0.159. The predicted octanol–water partition coefficient (Wildman–Crippen LogP) is 2.12. The first kappa shape index (κ1) is 13.0. The van der Waals surface area contributed by atoms with Crippen molar-refractivity contribution in [3.63, 3.8) is 0 Å². The lowest BCUT2D eigenvalue weighted by atomic mass is 10.0. The Morgan fingerprint density at radius 2 is 2.28 bits per heavy atom. The Kier molecular flexibility index (Phi) is 3.68. The van der Waals surface area contributed by atoms with E-state index >= 15 is 0 Å². The van der Waals surface area contributed by atoms with E-state index in [1.807, 2.05) is 6.92 Å². The number of hydrogen-bond acceptors (Lipinski definition) is 4. The van der Waals surface area contributed by atoms with E-state index in [4.69, 9.17) is 9.84 Å². The van der Waals surface area contributed by atoms with Crippen molar-refractivity contribution >= 4 is 28.9 Å². The number of ether oxygens (including phenoxy) is 1. The van der Waals surface area contributed by atoms with Crippen LogP contribution in [0.5, 0.6) is 0 Å². The van der Waals surface area contributed by atoms with E-state index < -0.39 is 12.1 Å². The van der Waals surface area contributed by atoms with Gasteiger partial charge in [0.05, 0.1) is 5.69 Å². The summed E-state index contributed by atoms with van der Waals surface area (Å²) >= 11 is 1.11. The zero-order valence-electron chi connectivity index (χ0n) is 10.2. The maximum atomic E-state index is 12.0. The Labute approximate surface area is 109 Å². The zero-order valence-corrected chi connectivity index (χ0v) is 11.0. The van der Waals surface area contributed by atoms with Gasteiger partial charge in [-0.1, -0.05) is 6.92 Å². The van der Waals surface area contributed by atoms with Crippen LogP contribution in [0.4, 0.5) is 5.69 Å². The second kappa shape index (κ2) is 5.07. The van der Waals surface area contributed by atoms with Crippen LogP contribution >= 0.6 is 11.3 Å². The number of nitrogens with one attached hydrogen (secondary N) is 1. The Bertz CT molecular complexity index is 482. The molecule has 0 spiro atoms. The average molecular weight is 269 g/mol. The van der Waals surface area contributed by atoms with Gasteiger partial charge in [0.25, 0.3) is 5.91 Å². The molecule has 1 aliphatic heterocycles. The first-order valence-corrected chi connectivity index (χ1v) is 6.62. The van der Waals surface area contributed by atoms with Gasteiger partial charge in [-0.2, -0.15) is 0 Å². The van der Waals surface area contributed by atoms with Crippen LogP contribution in [0.25, 0.3) is 0 Å². The van der Waals surface area contributed by atoms with E-state index in [0.717, 1.165) is 23.3 Å². The Morgan fingerprint density at radius 1 is 1.56 bits per heavy atom. The number of carbonyl (C=O) groups excluding carboxylic acids is 1. The van der Waals surface area contributed by atoms with Crippen LogP contribution in [0, 0.1) is 12.8 Å². The van der Waals surface area contributed by atoms with E-state index in [0.29, 0.717) is 12.3 Å². The van der Waals surface area contributed by atoms with E-state index in [-0.39, 0.29) is 16.7 Å². The van der Waals surface area contributed by atoms with Crippen LogP contribution in [-0.4, -0.2) is 29.7 Å². The number of carboxylic acid groups (broad SMARTS) is 1. The van der Waals surface area contributed by atoms with E-state index in [2.05, 4.69) is 5.32 Å². The number of carbonyl (C=O) groups is 2. The molecule has 98 valence electrons. The standard InChI is InChI=1S/C12H15NO4S/c1-6-3-4-17-9(6)11(14)13-8-7(2)5-18-10(8)12(15)16/h5-6,9H,3-4H2,1-2H3,(H,13,14)(H,15,16). The van der Waals surface area contributed by atoms with Crippen LogP contribution in [0.1, 0.15) is 28.6 Å². The highest BCUT2D eigenvalue weighted by Crippen LogP contribution is 2.29. The van der Waals surface area contributed by atoms with Crippen molar-refractivity contribution in [3.05, 3.63) is 15.8 Å². The number of thiophene rings is 1. The first-order valence-electron chi connectivity index (χ1n) is 5.74. The summed E-state index contributed by atoms with van der Waals surface area (Å²) in [5, 5.41) is 13.4. The fraction of sp³-hybridized carbons (Fsp3) is 0.500. The Balaban J connectivity index is 2.16. The van der Waals surface area contributed by atoms with Gasteiger partial charge in [-0.3, -0.25) is 4.79 Å². The summed E-state index contributed by atoms with van der Waals surface area (Å²) in [4.78, 5) is 23.2. The third kappa shape index (κ3) is 2.39. The van der Waals surface area contributed by atoms with Gasteiger partial charge in [-0.25, -0.2) is 4.79 Å². The lowest BCUT2D eigenvalue weighted by Gasteiger charge is -2.14. The molecule has 0 aromatic carbocycles. The van der Waals surface area contributed by atoms with Crippen molar-refractivity contribution < 1.29 is 19.4 Å². The highest BCUT2D eigenvalue weighted by Gasteiger charge is 2.32. The lowest BCUT2D eigenvalue weighted by molar-refractivity contribution is -0.126. The zero-order chi connectivity index (χ0) is 13.3. The quantitative estimate of drug-likeness (QED) is 0.881. The number of amides is 1. The predicted molar refractivity (Wildman–Crippen MR) is 68.2 cm³/mol. The molecule has 2 N–H and O–H groups in total. The molecule has 1 amide bonds. The van der Waals surface area contributed by atoms with Crippen LogP contribution in [-0.2, 0) is 9.53 Å². The summed E-state index contributed by atoms with van der Waals surface area (Å²) in [5.41, 5.74) is 1.15. The van der Waals surface area contributed by atoms with Gasteiger partial charge < -0.3 is 15.2 Å². The number of aryl methyl sites for hydroxylation is 1. The highest BCUT2D eigenvalue weighted by atomic mass is 32.1. The second-order valence-electron chi connectivity index (χ2n) is 4.47. The number of rotatable bonds is 3. The molecule has 0 bridgehead atoms. The smallest absolute Gasteiger partial charge is 0.348 e. The minimum atomic E-state index is -1.02. The lowest BCUT2D eigenvalue weighted by Crippen LogP contribution is -2.31. The molecule has 1 aromatic heterocycles. The fourth-order valence-corrected chi connectivity index (χ4v) is 2.83. The fourth-order valence-electron chi connectivity index (χ4n) is 1.98. The normalized spacial score (nSPS) is 23.0. The Morgan fingerprint density at radius 3 is 2.83 bits per heavy atom. The molecule has 6 heteroatoms. The Hall–Kier alpha value is -1.40. The topological polar surface area (TPSA) is 75.6 Å². The van der Waals surface area contributed by atoms with Crippen LogP contribution < -0.4 is 5.32 Å². The summed E-state index contributed by atoms with van der Waals surface area (Å²) in [6.07, 6.45) is 0.373. The van der Waals surface area contributed by atoms with Crippen molar-refractivity contribution in [2.45, 2.75) is 26.4 Å². The van der Waals surface area contributed by atoms with Crippen LogP contribution in [0.2, 0.25) is 0 Å². The molecule has 18 heavy (non-hydrogen) atoms. The molecule has 0 radical (unpaired) electrons. The van der Waals surface area contributed by atoms with Gasteiger partial charge in [-0.15, -0.1) is 11.3 Å². The molecule has 2 rings (SSSR count). The number of aromatic carboxylic acids is 1. The van der Waals surface area contributed by atoms with Crippen molar-refractivity contribution in [1.82, 2.24) is 0 Å². The minimum Gasteiger partial charge on any atom is -0.477 e. The third-order valence-corrected chi connectivity index (χ3v) is 4.15. The number of anilines is 1. The van der Waals surface area contributed by atoms with Crippen molar-refractivity contribution in [1.29, 1.82) is 0 Å². The molecule has 2 heterocycles. The summed E-state index contributed by atoms with van der Waals surface area (Å²) in [7, 11) is 0. The van der Waals surface area contributed by atoms with Crippen molar-refractivity contribution in [2.75, 3.05) is 11.9 Å². The highest BCUT2D eigenvalue weighted by molar-refractivity contribution is 7.12. The number of carboxylic acids is 1. The maximum absolute atomic E-state index is 12.0. The van der Waals surface area contributed by atoms with Crippen molar-refractivity contribution in [3.8, 4) is 0 Å². The molecule has 0 aliphatic carbocycles. The van der Waals surface area contributed by atoms with Gasteiger partial charge in [0.15, 0.2) is 0 Å². The summed E-state index contributed by atoms with van der Waals surface area (Å²) in [5.74, 6) is -1.12. The van der Waals surface area contributed by atoms with Crippen LogP contribution in [0.3, 0.4) is 0 Å². The van der Waals surface area contributed by atoms with Gasteiger partial charge in [0, 0.05) is 6.61 Å². The average Bonchev–Trinajstić information content (AvgIpc) is 2.86. The molecule has 1 aliphatic rings. The molecule has 0 saturated carbocycles.